The molecular formula is C20H18ClNO3. The second-order valence-corrected chi connectivity index (χ2v) is 6.64. The van der Waals surface area contributed by atoms with E-state index in [4.69, 9.17) is 20.8 Å². The summed E-state index contributed by atoms with van der Waals surface area (Å²) in [6, 6.07) is 13.6. The first kappa shape index (κ1) is 16.2. The van der Waals surface area contributed by atoms with Crippen LogP contribution in [-0.4, -0.2) is 11.6 Å². The van der Waals surface area contributed by atoms with Gasteiger partial charge in [0.25, 0.3) is 0 Å². The number of hydrogen-bond acceptors (Lipinski definition) is 4. The lowest BCUT2D eigenvalue weighted by atomic mass is 10.0. The predicted octanol–water partition coefficient (Wildman–Crippen LogP) is 4.36. The van der Waals surface area contributed by atoms with Crippen LogP contribution < -0.4 is 10.4 Å². The summed E-state index contributed by atoms with van der Waals surface area (Å²) in [6.45, 7) is 3.84. The maximum atomic E-state index is 12.0. The minimum atomic E-state index is -0.339. The van der Waals surface area contributed by atoms with Crippen molar-refractivity contribution in [1.29, 1.82) is 0 Å². The maximum absolute atomic E-state index is 12.0. The zero-order valence-electron chi connectivity index (χ0n) is 13.9. The van der Waals surface area contributed by atoms with Crippen LogP contribution in [0.25, 0.3) is 11.0 Å². The van der Waals surface area contributed by atoms with E-state index in [1.165, 1.54) is 11.6 Å². The zero-order chi connectivity index (χ0) is 17.4. The quantitative estimate of drug-likeness (QED) is 0.655. The Morgan fingerprint density at radius 1 is 1.20 bits per heavy atom. The van der Waals surface area contributed by atoms with Gasteiger partial charge in [-0.15, -0.1) is 0 Å². The standard InChI is InChI=1S/C20H18ClNO3/c1-2-14-8-18(23)25-19-15(14)9-17(21)20-16(19)11-22(12-24-20)10-13-6-4-3-5-7-13/h3-9H,2,10-12H2,1H3. The number of halogens is 1. The summed E-state index contributed by atoms with van der Waals surface area (Å²) in [5.41, 5.74) is 3.24. The van der Waals surface area contributed by atoms with E-state index in [1.807, 2.05) is 31.2 Å². The lowest BCUT2D eigenvalue weighted by Gasteiger charge is -2.30. The van der Waals surface area contributed by atoms with Crippen LogP contribution in [0.2, 0.25) is 5.02 Å². The molecule has 3 aromatic rings. The summed E-state index contributed by atoms with van der Waals surface area (Å²) in [5, 5.41) is 1.45. The molecule has 0 bridgehead atoms. The zero-order valence-corrected chi connectivity index (χ0v) is 14.7. The van der Waals surface area contributed by atoms with Crippen LogP contribution in [0.4, 0.5) is 0 Å². The van der Waals surface area contributed by atoms with Crippen LogP contribution in [0, 0.1) is 0 Å². The number of fused-ring (bicyclic) bond motifs is 3. The van der Waals surface area contributed by atoms with Crippen LogP contribution >= 0.6 is 11.6 Å². The molecule has 0 radical (unpaired) electrons. The van der Waals surface area contributed by atoms with Crippen LogP contribution in [0.15, 0.2) is 51.7 Å². The summed E-state index contributed by atoms with van der Waals surface area (Å²) in [4.78, 5) is 14.1. The monoisotopic (exact) mass is 355 g/mol. The molecule has 0 atom stereocenters. The molecule has 25 heavy (non-hydrogen) atoms. The number of benzene rings is 2. The summed E-state index contributed by atoms with van der Waals surface area (Å²) in [6.07, 6.45) is 0.742. The first-order chi connectivity index (χ1) is 12.2. The van der Waals surface area contributed by atoms with Crippen LogP contribution in [0.5, 0.6) is 5.75 Å². The Morgan fingerprint density at radius 3 is 2.76 bits per heavy atom. The van der Waals surface area contributed by atoms with Crippen LogP contribution in [0.1, 0.15) is 23.6 Å². The Balaban J connectivity index is 1.78. The van der Waals surface area contributed by atoms with Gasteiger partial charge in [-0.25, -0.2) is 4.79 Å². The van der Waals surface area contributed by atoms with Crippen molar-refractivity contribution in [2.75, 3.05) is 6.73 Å². The Morgan fingerprint density at radius 2 is 2.00 bits per heavy atom. The third kappa shape index (κ3) is 3.03. The van der Waals surface area contributed by atoms with Crippen molar-refractivity contribution >= 4 is 22.6 Å². The maximum Gasteiger partial charge on any atom is 0.336 e. The number of nitrogens with zero attached hydrogens (tertiary/aromatic N) is 1. The number of ether oxygens (including phenoxy) is 1. The van der Waals surface area contributed by atoms with Gasteiger partial charge in [0.15, 0.2) is 0 Å². The van der Waals surface area contributed by atoms with Gasteiger partial charge in [0.1, 0.15) is 18.1 Å². The largest absolute Gasteiger partial charge is 0.476 e. The molecule has 0 N–H and O–H groups in total. The van der Waals surface area contributed by atoms with Gasteiger partial charge in [-0.05, 0) is 23.6 Å². The highest BCUT2D eigenvalue weighted by Gasteiger charge is 2.25. The first-order valence-corrected chi connectivity index (χ1v) is 8.70. The van der Waals surface area contributed by atoms with Gasteiger partial charge < -0.3 is 9.15 Å². The topological polar surface area (TPSA) is 42.7 Å². The highest BCUT2D eigenvalue weighted by molar-refractivity contribution is 6.33. The molecule has 0 saturated heterocycles. The number of rotatable bonds is 3. The van der Waals surface area contributed by atoms with E-state index < -0.39 is 0 Å². The molecule has 4 rings (SSSR count). The van der Waals surface area contributed by atoms with Gasteiger partial charge in [0, 0.05) is 24.5 Å². The lowest BCUT2D eigenvalue weighted by molar-refractivity contribution is 0.0890. The molecule has 5 heteroatoms. The van der Waals surface area contributed by atoms with E-state index in [9.17, 15) is 4.79 Å². The Hall–Kier alpha value is -2.30. The molecule has 1 aliphatic heterocycles. The molecule has 0 unspecified atom stereocenters. The van der Waals surface area contributed by atoms with E-state index in [0.29, 0.717) is 29.6 Å². The predicted molar refractivity (Wildman–Crippen MR) is 98.1 cm³/mol. The fourth-order valence-electron chi connectivity index (χ4n) is 3.33. The number of aryl methyl sites for hydroxylation is 1. The molecule has 0 amide bonds. The highest BCUT2D eigenvalue weighted by Crippen LogP contribution is 2.39. The average Bonchev–Trinajstić information content (AvgIpc) is 2.63. The molecular weight excluding hydrogens is 338 g/mol. The average molecular weight is 356 g/mol. The van der Waals surface area contributed by atoms with Gasteiger partial charge in [-0.3, -0.25) is 4.90 Å². The molecule has 1 aromatic heterocycles. The Kier molecular flexibility index (Phi) is 4.24. The van der Waals surface area contributed by atoms with E-state index >= 15 is 0 Å². The number of hydrogen-bond donors (Lipinski definition) is 0. The van der Waals surface area contributed by atoms with Crippen molar-refractivity contribution in [3.8, 4) is 5.75 Å². The molecule has 0 saturated carbocycles. The minimum absolute atomic E-state index is 0.339. The Bertz CT molecular complexity index is 982. The fourth-order valence-corrected chi connectivity index (χ4v) is 3.61. The van der Waals surface area contributed by atoms with Crippen molar-refractivity contribution in [2.45, 2.75) is 26.4 Å². The molecule has 1 aliphatic rings. The normalized spacial score (nSPS) is 14.3. The van der Waals surface area contributed by atoms with Crippen molar-refractivity contribution < 1.29 is 9.15 Å². The Labute approximate surface area is 150 Å². The smallest absolute Gasteiger partial charge is 0.336 e. The molecule has 0 aliphatic carbocycles. The minimum Gasteiger partial charge on any atom is -0.476 e. The lowest BCUT2D eigenvalue weighted by Crippen LogP contribution is -2.32. The second-order valence-electron chi connectivity index (χ2n) is 6.23. The summed E-state index contributed by atoms with van der Waals surface area (Å²) in [5.74, 6) is 0.620. The first-order valence-electron chi connectivity index (χ1n) is 8.33. The van der Waals surface area contributed by atoms with Crippen LogP contribution in [0.3, 0.4) is 0 Å². The van der Waals surface area contributed by atoms with Gasteiger partial charge >= 0.3 is 5.63 Å². The van der Waals surface area contributed by atoms with Crippen molar-refractivity contribution in [3.63, 3.8) is 0 Å². The molecule has 0 spiro atoms. The molecule has 4 nitrogen and oxygen atoms in total. The van der Waals surface area contributed by atoms with E-state index in [0.717, 1.165) is 29.5 Å². The molecule has 0 fully saturated rings. The van der Waals surface area contributed by atoms with Gasteiger partial charge in [0.05, 0.1) is 10.6 Å². The summed E-state index contributed by atoms with van der Waals surface area (Å²) >= 11 is 6.43. The van der Waals surface area contributed by atoms with Gasteiger partial charge in [0.2, 0.25) is 0 Å². The van der Waals surface area contributed by atoms with Gasteiger partial charge in [-0.1, -0.05) is 48.9 Å². The fraction of sp³-hybridized carbons (Fsp3) is 0.250. The van der Waals surface area contributed by atoms with Crippen LogP contribution in [-0.2, 0) is 19.5 Å². The highest BCUT2D eigenvalue weighted by atomic mass is 35.5. The molecule has 2 heterocycles. The third-order valence-corrected chi connectivity index (χ3v) is 4.81. The SMILES string of the molecule is CCc1cc(=O)oc2c3c(c(Cl)cc12)OCN(Cc1ccccc1)C3. The van der Waals surface area contributed by atoms with E-state index in [-0.39, 0.29) is 5.63 Å². The van der Waals surface area contributed by atoms with E-state index in [2.05, 4.69) is 17.0 Å². The van der Waals surface area contributed by atoms with E-state index in [1.54, 1.807) is 0 Å². The van der Waals surface area contributed by atoms with Crippen molar-refractivity contribution in [2.24, 2.45) is 0 Å². The van der Waals surface area contributed by atoms with Crippen molar-refractivity contribution in [3.05, 3.63) is 74.6 Å². The van der Waals surface area contributed by atoms with Gasteiger partial charge in [-0.2, -0.15) is 0 Å². The third-order valence-electron chi connectivity index (χ3n) is 4.52. The molecule has 128 valence electrons. The molecule has 2 aromatic carbocycles. The summed E-state index contributed by atoms with van der Waals surface area (Å²) < 4.78 is 11.4. The second kappa shape index (κ2) is 6.54. The summed E-state index contributed by atoms with van der Waals surface area (Å²) in [7, 11) is 0. The van der Waals surface area contributed by atoms with Crippen molar-refractivity contribution in [1.82, 2.24) is 4.90 Å².